The lowest BCUT2D eigenvalue weighted by atomic mass is 10.1. The molecule has 2 aromatic carbocycles. The molecule has 0 bridgehead atoms. The third kappa shape index (κ3) is 2.48. The van der Waals surface area contributed by atoms with Gasteiger partial charge >= 0.3 is 5.69 Å². The Morgan fingerprint density at radius 2 is 2.00 bits per heavy atom. The highest BCUT2D eigenvalue weighted by atomic mass is 35.5. The summed E-state index contributed by atoms with van der Waals surface area (Å²) in [5.41, 5.74) is -0.912. The fraction of sp³-hybridized carbons (Fsp3) is 0.0625. The quantitative estimate of drug-likeness (QED) is 0.553. The van der Waals surface area contributed by atoms with Gasteiger partial charge in [0, 0.05) is 11.6 Å². The van der Waals surface area contributed by atoms with Gasteiger partial charge < -0.3 is 9.52 Å². The normalized spacial score (nSPS) is 11.0. The Labute approximate surface area is 138 Å². The van der Waals surface area contributed by atoms with Gasteiger partial charge in [-0.25, -0.2) is 4.39 Å². The summed E-state index contributed by atoms with van der Waals surface area (Å²) in [6.07, 6.45) is 0. The molecule has 6 nitrogen and oxygen atoms in total. The van der Waals surface area contributed by atoms with Gasteiger partial charge in [0.2, 0.25) is 16.8 Å². The summed E-state index contributed by atoms with van der Waals surface area (Å²) in [6.45, 7) is 1.58. The number of halogens is 2. The van der Waals surface area contributed by atoms with Crippen molar-refractivity contribution in [3.05, 3.63) is 67.1 Å². The number of rotatable bonds is 2. The van der Waals surface area contributed by atoms with E-state index >= 15 is 0 Å². The standard InChI is InChI=1S/C16H9ClFNO5/c1-7-4-9-13(20)14(21)15(8-2-3-11(18)10(17)6-8)24-16(9)12(5-7)19(22)23/h2-6,21H,1H3. The number of nitrogens with zero attached hydrogens (tertiary/aromatic N) is 1. The van der Waals surface area contributed by atoms with Crippen LogP contribution in [0.4, 0.5) is 10.1 Å². The summed E-state index contributed by atoms with van der Waals surface area (Å²) in [5, 5.41) is 21.0. The molecule has 0 aliphatic carbocycles. The fourth-order valence-electron chi connectivity index (χ4n) is 2.38. The summed E-state index contributed by atoms with van der Waals surface area (Å²) >= 11 is 5.69. The minimum absolute atomic E-state index is 0.115. The molecule has 122 valence electrons. The molecular weight excluding hydrogens is 341 g/mol. The molecule has 0 spiro atoms. The van der Waals surface area contributed by atoms with Crippen LogP contribution >= 0.6 is 11.6 Å². The number of nitro groups is 1. The summed E-state index contributed by atoms with van der Waals surface area (Å²) in [7, 11) is 0. The van der Waals surface area contributed by atoms with E-state index in [-0.39, 0.29) is 27.3 Å². The third-order valence-corrected chi connectivity index (χ3v) is 3.76. The van der Waals surface area contributed by atoms with Crippen molar-refractivity contribution in [1.29, 1.82) is 0 Å². The van der Waals surface area contributed by atoms with Gasteiger partial charge in [-0.1, -0.05) is 11.6 Å². The predicted molar refractivity (Wildman–Crippen MR) is 85.9 cm³/mol. The molecule has 0 radical (unpaired) electrons. The smallest absolute Gasteiger partial charge is 0.312 e. The molecule has 0 amide bonds. The second-order valence-electron chi connectivity index (χ2n) is 5.16. The van der Waals surface area contributed by atoms with E-state index in [1.165, 1.54) is 18.2 Å². The lowest BCUT2D eigenvalue weighted by Gasteiger charge is -2.07. The second-order valence-corrected chi connectivity index (χ2v) is 5.56. The molecule has 0 aliphatic heterocycles. The fourth-order valence-corrected chi connectivity index (χ4v) is 2.56. The van der Waals surface area contributed by atoms with Crippen molar-refractivity contribution in [2.45, 2.75) is 6.92 Å². The van der Waals surface area contributed by atoms with Crippen molar-refractivity contribution >= 4 is 28.3 Å². The topological polar surface area (TPSA) is 93.6 Å². The minimum atomic E-state index is -0.821. The first-order valence-corrected chi connectivity index (χ1v) is 7.07. The molecule has 0 saturated heterocycles. The number of hydrogen-bond acceptors (Lipinski definition) is 5. The highest BCUT2D eigenvalue weighted by molar-refractivity contribution is 6.31. The molecule has 3 aromatic rings. The molecule has 0 unspecified atom stereocenters. The van der Waals surface area contributed by atoms with Crippen molar-refractivity contribution in [2.24, 2.45) is 0 Å². The molecule has 0 aliphatic rings. The Bertz CT molecular complexity index is 1060. The van der Waals surface area contributed by atoms with Crippen LogP contribution in [0.3, 0.4) is 0 Å². The van der Waals surface area contributed by atoms with E-state index in [1.807, 2.05) is 0 Å². The highest BCUT2D eigenvalue weighted by Crippen LogP contribution is 2.35. The Hall–Kier alpha value is -2.93. The van der Waals surface area contributed by atoms with Crippen LogP contribution in [0.15, 0.2) is 39.5 Å². The number of fused-ring (bicyclic) bond motifs is 1. The van der Waals surface area contributed by atoms with Crippen LogP contribution in [0.2, 0.25) is 5.02 Å². The molecule has 0 fully saturated rings. The maximum absolute atomic E-state index is 13.3. The molecule has 1 aromatic heterocycles. The largest absolute Gasteiger partial charge is 0.502 e. The first kappa shape index (κ1) is 15.9. The maximum Gasteiger partial charge on any atom is 0.312 e. The summed E-state index contributed by atoms with van der Waals surface area (Å²) in [4.78, 5) is 22.9. The van der Waals surface area contributed by atoms with E-state index < -0.39 is 27.6 Å². The zero-order valence-electron chi connectivity index (χ0n) is 12.2. The van der Waals surface area contributed by atoms with Crippen LogP contribution < -0.4 is 5.43 Å². The number of nitro benzene ring substituents is 1. The van der Waals surface area contributed by atoms with E-state index in [4.69, 9.17) is 16.0 Å². The highest BCUT2D eigenvalue weighted by Gasteiger charge is 2.23. The number of benzene rings is 2. The van der Waals surface area contributed by atoms with Gasteiger partial charge in [0.05, 0.1) is 15.3 Å². The molecule has 0 saturated carbocycles. The van der Waals surface area contributed by atoms with Crippen LogP contribution in [-0.4, -0.2) is 10.0 Å². The van der Waals surface area contributed by atoms with Crippen molar-refractivity contribution in [2.75, 3.05) is 0 Å². The van der Waals surface area contributed by atoms with Crippen LogP contribution in [0.25, 0.3) is 22.3 Å². The van der Waals surface area contributed by atoms with Gasteiger partial charge in [0.25, 0.3) is 0 Å². The zero-order chi connectivity index (χ0) is 17.6. The van der Waals surface area contributed by atoms with Gasteiger partial charge in [-0.15, -0.1) is 0 Å². The molecule has 0 atom stereocenters. The Kier molecular flexibility index (Phi) is 3.73. The average molecular weight is 350 g/mol. The zero-order valence-corrected chi connectivity index (χ0v) is 12.9. The lowest BCUT2D eigenvalue weighted by Crippen LogP contribution is -2.05. The molecular formula is C16H9ClFNO5. The van der Waals surface area contributed by atoms with Crippen LogP contribution in [-0.2, 0) is 0 Å². The molecule has 1 heterocycles. The average Bonchev–Trinajstić information content (AvgIpc) is 2.53. The van der Waals surface area contributed by atoms with Crippen molar-refractivity contribution in [3.8, 4) is 17.1 Å². The molecule has 1 N–H and O–H groups in total. The van der Waals surface area contributed by atoms with E-state index in [1.54, 1.807) is 6.92 Å². The van der Waals surface area contributed by atoms with E-state index in [0.717, 1.165) is 12.1 Å². The number of aryl methyl sites for hydroxylation is 1. The van der Waals surface area contributed by atoms with Gasteiger partial charge in [0.1, 0.15) is 5.82 Å². The Morgan fingerprint density at radius 1 is 1.29 bits per heavy atom. The monoisotopic (exact) mass is 349 g/mol. The Balaban J connectivity index is 2.42. The number of non-ortho nitro benzene ring substituents is 1. The first-order valence-electron chi connectivity index (χ1n) is 6.70. The van der Waals surface area contributed by atoms with Gasteiger partial charge in [0.15, 0.2) is 5.76 Å². The molecule has 8 heteroatoms. The van der Waals surface area contributed by atoms with E-state index in [9.17, 15) is 24.4 Å². The van der Waals surface area contributed by atoms with Crippen molar-refractivity contribution in [1.82, 2.24) is 0 Å². The number of aromatic hydroxyl groups is 1. The van der Waals surface area contributed by atoms with E-state index in [0.29, 0.717) is 5.56 Å². The van der Waals surface area contributed by atoms with Crippen LogP contribution in [0.5, 0.6) is 5.75 Å². The van der Waals surface area contributed by atoms with Crippen LogP contribution in [0, 0.1) is 22.9 Å². The SMILES string of the molecule is Cc1cc([N+](=O)[O-])c2oc(-c3ccc(F)c(Cl)c3)c(O)c(=O)c2c1. The van der Waals surface area contributed by atoms with Gasteiger partial charge in [-0.2, -0.15) is 0 Å². The predicted octanol–water partition coefficient (Wildman–Crippen LogP) is 4.17. The van der Waals surface area contributed by atoms with E-state index in [2.05, 4.69) is 0 Å². The summed E-state index contributed by atoms with van der Waals surface area (Å²) < 4.78 is 18.7. The second kappa shape index (κ2) is 5.61. The summed E-state index contributed by atoms with van der Waals surface area (Å²) in [6, 6.07) is 6.07. The molecule has 24 heavy (non-hydrogen) atoms. The van der Waals surface area contributed by atoms with Crippen molar-refractivity contribution < 1.29 is 18.8 Å². The minimum Gasteiger partial charge on any atom is -0.502 e. The lowest BCUT2D eigenvalue weighted by molar-refractivity contribution is -0.383. The molecule has 3 rings (SSSR count). The summed E-state index contributed by atoms with van der Waals surface area (Å²) in [5.74, 6) is -1.74. The van der Waals surface area contributed by atoms with Gasteiger partial charge in [-0.3, -0.25) is 14.9 Å². The van der Waals surface area contributed by atoms with Crippen molar-refractivity contribution in [3.63, 3.8) is 0 Å². The maximum atomic E-state index is 13.3. The van der Waals surface area contributed by atoms with Crippen LogP contribution in [0.1, 0.15) is 5.56 Å². The number of hydrogen-bond donors (Lipinski definition) is 1. The first-order chi connectivity index (χ1) is 11.3. The van der Waals surface area contributed by atoms with Gasteiger partial charge in [-0.05, 0) is 36.8 Å². The Morgan fingerprint density at radius 3 is 2.62 bits per heavy atom. The third-order valence-electron chi connectivity index (χ3n) is 3.47.